The van der Waals surface area contributed by atoms with Crippen LogP contribution in [0.2, 0.25) is 0 Å². The Bertz CT molecular complexity index is 706. The zero-order valence-electron chi connectivity index (χ0n) is 20.5. The molecule has 1 nitrogen and oxygen atoms in total. The van der Waals surface area contributed by atoms with Crippen molar-refractivity contribution in [1.82, 2.24) is 0 Å². The van der Waals surface area contributed by atoms with Crippen molar-refractivity contribution in [3.63, 3.8) is 0 Å². The third-order valence-corrected chi connectivity index (χ3v) is 8.18. The lowest BCUT2D eigenvalue weighted by molar-refractivity contribution is 0.0677. The normalized spacial score (nSPS) is 31.1. The Morgan fingerprint density at radius 1 is 1.40 bits per heavy atom. The van der Waals surface area contributed by atoms with Crippen LogP contribution in [0.4, 0.5) is 0 Å². The molecule has 0 bridgehead atoms. The van der Waals surface area contributed by atoms with E-state index in [2.05, 4.69) is 78.5 Å². The van der Waals surface area contributed by atoms with E-state index in [1.165, 1.54) is 36.0 Å². The van der Waals surface area contributed by atoms with Crippen molar-refractivity contribution in [2.45, 2.75) is 99.0 Å². The minimum Gasteiger partial charge on any atom is -0.393 e. The molecule has 0 aromatic heterocycles. The third-order valence-electron chi connectivity index (χ3n) is 8.18. The quantitative estimate of drug-likeness (QED) is 0.299. The van der Waals surface area contributed by atoms with E-state index in [1.807, 2.05) is 6.08 Å². The topological polar surface area (TPSA) is 20.2 Å². The summed E-state index contributed by atoms with van der Waals surface area (Å²) in [6.07, 6.45) is 22.1. The standard InChI is InChI=1S/C29H46O/c1-8-12-14-23(11-4)27(13-9-2)29(7,18-10-3)22(5)24-15-16-25-20-26(30)17-19-28(25,6)21-24/h8,11-14,16,22,24,26,30H,1,9-10,15,17-21H2,2-7H3/b14-12-,23-11+,27-13-. The average molecular weight is 411 g/mol. The Morgan fingerprint density at radius 2 is 2.13 bits per heavy atom. The van der Waals surface area contributed by atoms with E-state index in [0.29, 0.717) is 11.8 Å². The summed E-state index contributed by atoms with van der Waals surface area (Å²) >= 11 is 0. The van der Waals surface area contributed by atoms with E-state index < -0.39 is 0 Å². The molecule has 0 spiro atoms. The van der Waals surface area contributed by atoms with Crippen LogP contribution in [-0.4, -0.2) is 11.2 Å². The molecule has 0 amide bonds. The first kappa shape index (κ1) is 24.9. The Kier molecular flexibility index (Phi) is 8.98. The molecule has 1 fully saturated rings. The SMILES string of the molecule is C=C\C=C/C(=C\C)C(=C/CC)/C(C)(CCC)C(C)C1CC=C2CC(O)CCC2(C)C1. The molecule has 1 N–H and O–H groups in total. The van der Waals surface area contributed by atoms with Crippen LogP contribution in [-0.2, 0) is 0 Å². The molecular formula is C29H46O. The molecule has 0 aromatic carbocycles. The molecule has 5 atom stereocenters. The lowest BCUT2D eigenvalue weighted by Gasteiger charge is -2.49. The Morgan fingerprint density at radius 3 is 2.73 bits per heavy atom. The monoisotopic (exact) mass is 410 g/mol. The van der Waals surface area contributed by atoms with Crippen LogP contribution < -0.4 is 0 Å². The number of rotatable bonds is 9. The molecule has 0 aromatic rings. The zero-order valence-corrected chi connectivity index (χ0v) is 20.5. The average Bonchev–Trinajstić information content (AvgIpc) is 2.73. The highest BCUT2D eigenvalue weighted by Gasteiger charge is 2.45. The minimum absolute atomic E-state index is 0.128. The molecule has 0 saturated heterocycles. The molecule has 0 heterocycles. The van der Waals surface area contributed by atoms with Crippen LogP contribution in [0.5, 0.6) is 0 Å². The Hall–Kier alpha value is -1.34. The minimum atomic E-state index is -0.128. The van der Waals surface area contributed by atoms with E-state index in [0.717, 1.165) is 32.1 Å². The van der Waals surface area contributed by atoms with Crippen LogP contribution in [0.25, 0.3) is 0 Å². The van der Waals surface area contributed by atoms with Crippen molar-refractivity contribution in [2.75, 3.05) is 0 Å². The number of aliphatic hydroxyl groups excluding tert-OH is 1. The van der Waals surface area contributed by atoms with Crippen molar-refractivity contribution in [2.24, 2.45) is 22.7 Å². The van der Waals surface area contributed by atoms with Crippen molar-refractivity contribution in [1.29, 1.82) is 0 Å². The van der Waals surface area contributed by atoms with Gasteiger partial charge in [0, 0.05) is 0 Å². The maximum absolute atomic E-state index is 10.2. The summed E-state index contributed by atoms with van der Waals surface area (Å²) in [5, 5.41) is 10.2. The summed E-state index contributed by atoms with van der Waals surface area (Å²) in [5.41, 5.74) is 4.81. The van der Waals surface area contributed by atoms with E-state index >= 15 is 0 Å². The van der Waals surface area contributed by atoms with Crippen molar-refractivity contribution in [3.05, 3.63) is 59.8 Å². The zero-order chi connectivity index (χ0) is 22.4. The summed E-state index contributed by atoms with van der Waals surface area (Å²) < 4.78 is 0. The van der Waals surface area contributed by atoms with Gasteiger partial charge in [0.2, 0.25) is 0 Å². The molecule has 1 heteroatoms. The number of allylic oxidation sites excluding steroid dienone is 8. The van der Waals surface area contributed by atoms with Crippen LogP contribution in [0.15, 0.2) is 59.8 Å². The summed E-state index contributed by atoms with van der Waals surface area (Å²) in [5.74, 6) is 1.29. The van der Waals surface area contributed by atoms with Crippen LogP contribution >= 0.6 is 0 Å². The first-order chi connectivity index (χ1) is 14.3. The van der Waals surface area contributed by atoms with Gasteiger partial charge in [0.1, 0.15) is 0 Å². The molecule has 1 saturated carbocycles. The number of fused-ring (bicyclic) bond motifs is 1. The lowest BCUT2D eigenvalue weighted by atomic mass is 9.56. The Balaban J connectivity index is 2.40. The highest BCUT2D eigenvalue weighted by molar-refractivity contribution is 5.44. The first-order valence-corrected chi connectivity index (χ1v) is 12.3. The summed E-state index contributed by atoms with van der Waals surface area (Å²) in [6.45, 7) is 18.1. The second-order valence-corrected chi connectivity index (χ2v) is 10.2. The van der Waals surface area contributed by atoms with Crippen molar-refractivity contribution >= 4 is 0 Å². The van der Waals surface area contributed by atoms with Gasteiger partial charge in [-0.2, -0.15) is 0 Å². The highest BCUT2D eigenvalue weighted by atomic mass is 16.3. The van der Waals surface area contributed by atoms with Crippen LogP contribution in [0, 0.1) is 22.7 Å². The highest BCUT2D eigenvalue weighted by Crippen LogP contribution is 2.55. The molecule has 0 aliphatic heterocycles. The second kappa shape index (κ2) is 10.8. The van der Waals surface area contributed by atoms with E-state index in [4.69, 9.17) is 0 Å². The molecule has 2 rings (SSSR count). The van der Waals surface area contributed by atoms with E-state index in [1.54, 1.807) is 0 Å². The molecule has 0 radical (unpaired) electrons. The van der Waals surface area contributed by atoms with Crippen molar-refractivity contribution < 1.29 is 5.11 Å². The summed E-state index contributed by atoms with van der Waals surface area (Å²) in [4.78, 5) is 0. The van der Waals surface area contributed by atoms with Gasteiger partial charge in [-0.1, -0.05) is 89.6 Å². The first-order valence-electron chi connectivity index (χ1n) is 12.3. The van der Waals surface area contributed by atoms with Gasteiger partial charge in [-0.15, -0.1) is 0 Å². The van der Waals surface area contributed by atoms with Gasteiger partial charge in [0.15, 0.2) is 0 Å². The smallest absolute Gasteiger partial charge is 0.0577 e. The third kappa shape index (κ3) is 5.28. The summed E-state index contributed by atoms with van der Waals surface area (Å²) in [6, 6.07) is 0. The maximum Gasteiger partial charge on any atom is 0.0577 e. The van der Waals surface area contributed by atoms with Crippen LogP contribution in [0.1, 0.15) is 92.9 Å². The predicted octanol–water partition coefficient (Wildman–Crippen LogP) is 8.34. The largest absolute Gasteiger partial charge is 0.393 e. The van der Waals surface area contributed by atoms with Gasteiger partial charge in [-0.3, -0.25) is 0 Å². The molecule has 5 unspecified atom stereocenters. The van der Waals surface area contributed by atoms with Gasteiger partial charge < -0.3 is 5.11 Å². The van der Waals surface area contributed by atoms with Gasteiger partial charge in [-0.05, 0) is 85.7 Å². The number of aliphatic hydroxyl groups is 1. The predicted molar refractivity (Wildman–Crippen MR) is 132 cm³/mol. The van der Waals surface area contributed by atoms with E-state index in [-0.39, 0.29) is 16.9 Å². The van der Waals surface area contributed by atoms with Crippen molar-refractivity contribution in [3.8, 4) is 0 Å². The van der Waals surface area contributed by atoms with Gasteiger partial charge in [-0.25, -0.2) is 0 Å². The van der Waals surface area contributed by atoms with Gasteiger partial charge >= 0.3 is 0 Å². The lowest BCUT2D eigenvalue weighted by Crippen LogP contribution is -2.40. The molecule has 2 aliphatic carbocycles. The fourth-order valence-corrected chi connectivity index (χ4v) is 6.19. The molecule has 168 valence electrons. The maximum atomic E-state index is 10.2. The van der Waals surface area contributed by atoms with Gasteiger partial charge in [0.25, 0.3) is 0 Å². The molecular weight excluding hydrogens is 364 g/mol. The fourth-order valence-electron chi connectivity index (χ4n) is 6.19. The molecule has 2 aliphatic rings. The van der Waals surface area contributed by atoms with Crippen LogP contribution in [0.3, 0.4) is 0 Å². The Labute approximate surface area is 186 Å². The molecule has 30 heavy (non-hydrogen) atoms. The second-order valence-electron chi connectivity index (χ2n) is 10.2. The number of hydrogen-bond donors (Lipinski definition) is 1. The van der Waals surface area contributed by atoms with E-state index in [9.17, 15) is 5.11 Å². The number of hydrogen-bond acceptors (Lipinski definition) is 1. The summed E-state index contributed by atoms with van der Waals surface area (Å²) in [7, 11) is 0. The van der Waals surface area contributed by atoms with Gasteiger partial charge in [0.05, 0.1) is 6.10 Å². The fraction of sp³-hybridized carbons (Fsp3) is 0.655.